The highest BCUT2D eigenvalue weighted by atomic mass is 32.2. The molecule has 0 aliphatic heterocycles. The fourth-order valence-electron chi connectivity index (χ4n) is 4.28. The van der Waals surface area contributed by atoms with Gasteiger partial charge in [0.15, 0.2) is 0 Å². The highest BCUT2D eigenvalue weighted by Crippen LogP contribution is 2.38. The third-order valence-corrected chi connectivity index (χ3v) is 7.31. The predicted octanol–water partition coefficient (Wildman–Crippen LogP) is 3.96. The van der Waals surface area contributed by atoms with E-state index in [4.69, 9.17) is 0 Å². The Balaban J connectivity index is 2.14. The number of carbonyl (C=O) groups is 2. The second kappa shape index (κ2) is 9.66. The molecule has 0 saturated heterocycles. The van der Waals surface area contributed by atoms with Crippen molar-refractivity contribution in [3.63, 3.8) is 0 Å². The van der Waals surface area contributed by atoms with Crippen LogP contribution < -0.4 is 9.62 Å². The molecule has 192 valence electrons. The molecule has 0 aliphatic rings. The molecule has 4 rings (SSSR count). The summed E-state index contributed by atoms with van der Waals surface area (Å²) < 4.78 is 41.6. The summed E-state index contributed by atoms with van der Waals surface area (Å²) in [5, 5.41) is 16.7. The van der Waals surface area contributed by atoms with Crippen LogP contribution in [0.1, 0.15) is 33.2 Å². The average Bonchev–Trinajstić information content (AvgIpc) is 3.21. The molecular formula is C26H25FN4O5S. The number of amides is 1. The molecule has 0 radical (unpaired) electrons. The average molecular weight is 525 g/mol. The van der Waals surface area contributed by atoms with E-state index in [1.54, 1.807) is 26.0 Å². The van der Waals surface area contributed by atoms with Crippen LogP contribution in [0.3, 0.4) is 0 Å². The van der Waals surface area contributed by atoms with Gasteiger partial charge in [0.1, 0.15) is 11.5 Å². The van der Waals surface area contributed by atoms with Gasteiger partial charge in [-0.1, -0.05) is 6.07 Å². The molecule has 4 aromatic rings. The smallest absolute Gasteiger partial charge is 0.335 e. The number of nitrogens with zero attached hydrogens (tertiary/aromatic N) is 3. The van der Waals surface area contributed by atoms with Gasteiger partial charge in [0, 0.05) is 24.7 Å². The van der Waals surface area contributed by atoms with Gasteiger partial charge in [-0.2, -0.15) is 5.10 Å². The zero-order valence-corrected chi connectivity index (χ0v) is 21.4. The molecule has 2 heterocycles. The molecule has 2 aromatic heterocycles. The van der Waals surface area contributed by atoms with Crippen LogP contribution in [-0.4, -0.2) is 54.9 Å². The number of aryl methyl sites for hydroxylation is 1. The van der Waals surface area contributed by atoms with Crippen molar-refractivity contribution in [2.45, 2.75) is 13.8 Å². The predicted molar refractivity (Wildman–Crippen MR) is 139 cm³/mol. The molecule has 11 heteroatoms. The van der Waals surface area contributed by atoms with Gasteiger partial charge in [-0.25, -0.2) is 22.1 Å². The number of carboxylic acid groups (broad SMARTS) is 1. The molecule has 9 nitrogen and oxygen atoms in total. The maximum absolute atomic E-state index is 13.6. The van der Waals surface area contributed by atoms with Crippen molar-refractivity contribution in [1.82, 2.24) is 14.9 Å². The van der Waals surface area contributed by atoms with E-state index in [9.17, 15) is 27.5 Å². The number of nitrogens with one attached hydrogen (secondary N) is 1. The standard InChI is InChI=1S/C26H25FN4O5S/c1-5-31(37(4,35)36)22-14-30-21(13-20(22)19-12-17(26(33)34)7-6-15(19)2)23(25(32)28-3)24(29-30)16-8-10-18(27)11-9-16/h6-14H,5H2,1-4H3,(H,28,32)(H,33,34). The van der Waals surface area contributed by atoms with Crippen LogP contribution in [0, 0.1) is 12.7 Å². The first kappa shape index (κ1) is 25.8. The van der Waals surface area contributed by atoms with Crippen molar-refractivity contribution in [3.05, 3.63) is 77.2 Å². The lowest BCUT2D eigenvalue weighted by molar-refractivity contribution is 0.0696. The number of pyridine rings is 1. The van der Waals surface area contributed by atoms with E-state index in [0.29, 0.717) is 27.8 Å². The Morgan fingerprint density at radius 3 is 2.35 bits per heavy atom. The first-order valence-electron chi connectivity index (χ1n) is 11.3. The number of aromatic nitrogens is 2. The molecule has 37 heavy (non-hydrogen) atoms. The highest BCUT2D eigenvalue weighted by Gasteiger charge is 2.26. The summed E-state index contributed by atoms with van der Waals surface area (Å²) >= 11 is 0. The second-order valence-corrected chi connectivity index (χ2v) is 10.4. The van der Waals surface area contributed by atoms with E-state index in [1.807, 2.05) is 0 Å². The molecule has 2 aromatic carbocycles. The number of carboxylic acids is 1. The molecule has 0 spiro atoms. The first-order valence-corrected chi connectivity index (χ1v) is 13.2. The minimum atomic E-state index is -3.73. The quantitative estimate of drug-likeness (QED) is 0.378. The lowest BCUT2D eigenvalue weighted by atomic mass is 9.96. The molecule has 2 N–H and O–H groups in total. The Bertz CT molecular complexity index is 1650. The minimum Gasteiger partial charge on any atom is -0.478 e. The maximum Gasteiger partial charge on any atom is 0.335 e. The lowest BCUT2D eigenvalue weighted by Crippen LogP contribution is -2.30. The summed E-state index contributed by atoms with van der Waals surface area (Å²) in [6.07, 6.45) is 2.58. The Morgan fingerprint density at radius 1 is 1.11 bits per heavy atom. The molecule has 0 bridgehead atoms. The first-order chi connectivity index (χ1) is 17.5. The number of fused-ring (bicyclic) bond motifs is 1. The summed E-state index contributed by atoms with van der Waals surface area (Å²) in [6.45, 7) is 3.56. The van der Waals surface area contributed by atoms with E-state index in [2.05, 4.69) is 10.4 Å². The lowest BCUT2D eigenvalue weighted by Gasteiger charge is -2.24. The van der Waals surface area contributed by atoms with Crippen molar-refractivity contribution in [3.8, 4) is 22.4 Å². The van der Waals surface area contributed by atoms with Gasteiger partial charge in [0.05, 0.1) is 34.8 Å². The van der Waals surface area contributed by atoms with Crippen LogP contribution in [0.2, 0.25) is 0 Å². The molecule has 0 saturated carbocycles. The zero-order chi connectivity index (χ0) is 27.1. The Labute approximate surface area is 213 Å². The highest BCUT2D eigenvalue weighted by molar-refractivity contribution is 7.92. The van der Waals surface area contributed by atoms with E-state index in [0.717, 1.165) is 6.26 Å². The Hall–Kier alpha value is -4.25. The van der Waals surface area contributed by atoms with E-state index in [1.165, 1.54) is 58.5 Å². The summed E-state index contributed by atoms with van der Waals surface area (Å²) in [4.78, 5) is 24.7. The van der Waals surface area contributed by atoms with Gasteiger partial charge in [0.25, 0.3) is 5.91 Å². The largest absolute Gasteiger partial charge is 0.478 e. The fraction of sp³-hybridized carbons (Fsp3) is 0.192. The van der Waals surface area contributed by atoms with Crippen LogP contribution in [0.15, 0.2) is 54.7 Å². The molecule has 1 amide bonds. The molecule has 0 atom stereocenters. The van der Waals surface area contributed by atoms with Gasteiger partial charge in [-0.3, -0.25) is 9.10 Å². The van der Waals surface area contributed by atoms with Gasteiger partial charge in [-0.05, 0) is 67.4 Å². The third-order valence-electron chi connectivity index (χ3n) is 6.05. The van der Waals surface area contributed by atoms with Crippen molar-refractivity contribution in [2.75, 3.05) is 24.2 Å². The van der Waals surface area contributed by atoms with Gasteiger partial charge in [0.2, 0.25) is 10.0 Å². The zero-order valence-electron chi connectivity index (χ0n) is 20.6. The van der Waals surface area contributed by atoms with Crippen molar-refractivity contribution in [1.29, 1.82) is 0 Å². The van der Waals surface area contributed by atoms with Crippen LogP contribution in [-0.2, 0) is 10.0 Å². The van der Waals surface area contributed by atoms with Crippen LogP contribution >= 0.6 is 0 Å². The van der Waals surface area contributed by atoms with E-state index in [-0.39, 0.29) is 29.1 Å². The SMILES string of the molecule is CCN(c1cn2nc(-c3ccc(F)cc3)c(C(=O)NC)c2cc1-c1cc(C(=O)O)ccc1C)S(C)(=O)=O. The number of rotatable bonds is 7. The number of sulfonamides is 1. The number of anilines is 1. The molecular weight excluding hydrogens is 499 g/mol. The number of benzene rings is 2. The van der Waals surface area contributed by atoms with Gasteiger partial charge < -0.3 is 10.4 Å². The third kappa shape index (κ3) is 4.77. The van der Waals surface area contributed by atoms with Crippen LogP contribution in [0.25, 0.3) is 27.9 Å². The maximum atomic E-state index is 13.6. The number of aromatic carboxylic acids is 1. The number of halogens is 1. The van der Waals surface area contributed by atoms with Gasteiger partial charge >= 0.3 is 5.97 Å². The topological polar surface area (TPSA) is 121 Å². The molecule has 0 fully saturated rings. The van der Waals surface area contributed by atoms with Crippen LogP contribution in [0.4, 0.5) is 10.1 Å². The summed E-state index contributed by atoms with van der Waals surface area (Å²) in [6, 6.07) is 11.7. The molecule has 0 aliphatic carbocycles. The number of hydrogen-bond acceptors (Lipinski definition) is 5. The van der Waals surface area contributed by atoms with Crippen LogP contribution in [0.5, 0.6) is 0 Å². The summed E-state index contributed by atoms with van der Waals surface area (Å²) in [5.74, 6) is -2.02. The van der Waals surface area contributed by atoms with E-state index >= 15 is 0 Å². The fourth-order valence-corrected chi connectivity index (χ4v) is 5.25. The number of carbonyl (C=O) groups excluding carboxylic acids is 1. The summed E-state index contributed by atoms with van der Waals surface area (Å²) in [5.41, 5.74) is 3.24. The number of hydrogen-bond donors (Lipinski definition) is 2. The Kier molecular flexibility index (Phi) is 6.74. The minimum absolute atomic E-state index is 0.0286. The Morgan fingerprint density at radius 2 is 1.78 bits per heavy atom. The van der Waals surface area contributed by atoms with Crippen molar-refractivity contribution < 1.29 is 27.5 Å². The summed E-state index contributed by atoms with van der Waals surface area (Å²) in [7, 11) is -2.26. The van der Waals surface area contributed by atoms with Crippen molar-refractivity contribution >= 4 is 33.1 Å². The normalized spacial score (nSPS) is 11.5. The molecule has 0 unspecified atom stereocenters. The second-order valence-electron chi connectivity index (χ2n) is 8.47. The van der Waals surface area contributed by atoms with Crippen molar-refractivity contribution in [2.24, 2.45) is 0 Å². The van der Waals surface area contributed by atoms with Gasteiger partial charge in [-0.15, -0.1) is 0 Å². The van der Waals surface area contributed by atoms with E-state index < -0.39 is 27.7 Å². The monoisotopic (exact) mass is 524 g/mol.